The molecule has 0 spiro atoms. The molecule has 1 saturated heterocycles. The number of carbonyl (C=O) groups is 1. The lowest BCUT2D eigenvalue weighted by molar-refractivity contribution is -0.115. The van der Waals surface area contributed by atoms with Crippen molar-refractivity contribution >= 4 is 35.0 Å². The zero-order valence-electron chi connectivity index (χ0n) is 8.57. The van der Waals surface area contributed by atoms with Gasteiger partial charge in [-0.05, 0) is 36.8 Å². The number of nitrogens with one attached hydrogen (secondary N) is 1. The Morgan fingerprint density at radius 2 is 2.38 bits per heavy atom. The maximum atomic E-state index is 11.8. The van der Waals surface area contributed by atoms with E-state index < -0.39 is 0 Å². The van der Waals surface area contributed by atoms with Gasteiger partial charge in [-0.15, -0.1) is 11.8 Å². The van der Waals surface area contributed by atoms with E-state index in [0.29, 0.717) is 5.69 Å². The molecular weight excluding hydrogens is 246 g/mol. The molecule has 3 nitrogen and oxygen atoms in total. The number of amides is 1. The second-order valence-electron chi connectivity index (χ2n) is 3.66. The Bertz CT molecular complexity index is 405. The molecule has 16 heavy (non-hydrogen) atoms. The molecule has 0 radical (unpaired) electrons. The van der Waals surface area contributed by atoms with Crippen LogP contribution in [0.15, 0.2) is 18.2 Å². The Labute approximate surface area is 103 Å². The Kier molecular flexibility index (Phi) is 3.61. The number of phenols is 1. The number of halogens is 1. The standard InChI is InChI=1S/C11H12ClNO2S/c12-8-6-7(3-4-9(8)14)13-11(15)10-2-1-5-16-10/h3-4,6,10,14H,1-2,5H2,(H,13,15). The van der Waals surface area contributed by atoms with Crippen LogP contribution in [0.25, 0.3) is 0 Å². The van der Waals surface area contributed by atoms with Crippen molar-refractivity contribution in [3.63, 3.8) is 0 Å². The van der Waals surface area contributed by atoms with E-state index in [1.807, 2.05) is 0 Å². The third-order valence-corrected chi connectivity index (χ3v) is 4.12. The van der Waals surface area contributed by atoms with Crippen molar-refractivity contribution < 1.29 is 9.90 Å². The van der Waals surface area contributed by atoms with Gasteiger partial charge in [-0.1, -0.05) is 11.6 Å². The number of rotatable bonds is 2. The molecule has 1 aliphatic rings. The van der Waals surface area contributed by atoms with Gasteiger partial charge in [-0.25, -0.2) is 0 Å². The quantitative estimate of drug-likeness (QED) is 0.801. The molecule has 1 atom stereocenters. The molecule has 0 bridgehead atoms. The number of phenolic OH excluding ortho intramolecular Hbond substituents is 1. The molecule has 86 valence electrons. The molecule has 1 aromatic carbocycles. The van der Waals surface area contributed by atoms with Crippen LogP contribution in [-0.4, -0.2) is 22.0 Å². The monoisotopic (exact) mass is 257 g/mol. The maximum Gasteiger partial charge on any atom is 0.237 e. The molecule has 1 aromatic rings. The van der Waals surface area contributed by atoms with Gasteiger partial charge in [0, 0.05) is 5.69 Å². The second kappa shape index (κ2) is 4.97. The van der Waals surface area contributed by atoms with Gasteiger partial charge in [0.2, 0.25) is 5.91 Å². The predicted molar refractivity (Wildman–Crippen MR) is 67.2 cm³/mol. The van der Waals surface area contributed by atoms with Crippen LogP contribution in [-0.2, 0) is 4.79 Å². The highest BCUT2D eigenvalue weighted by molar-refractivity contribution is 8.00. The van der Waals surface area contributed by atoms with Crippen LogP contribution in [0.5, 0.6) is 5.75 Å². The van der Waals surface area contributed by atoms with Crippen LogP contribution in [0.3, 0.4) is 0 Å². The first-order valence-corrected chi connectivity index (χ1v) is 6.50. The van der Waals surface area contributed by atoms with E-state index in [-0.39, 0.29) is 21.9 Å². The van der Waals surface area contributed by atoms with Crippen LogP contribution in [0.2, 0.25) is 5.02 Å². The molecule has 1 aliphatic heterocycles. The van der Waals surface area contributed by atoms with Gasteiger partial charge < -0.3 is 10.4 Å². The summed E-state index contributed by atoms with van der Waals surface area (Å²) in [6, 6.07) is 4.66. The van der Waals surface area contributed by atoms with Gasteiger partial charge in [0.15, 0.2) is 0 Å². The fourth-order valence-electron chi connectivity index (χ4n) is 1.59. The fraction of sp³-hybridized carbons (Fsp3) is 0.364. The summed E-state index contributed by atoms with van der Waals surface area (Å²) >= 11 is 7.43. The minimum atomic E-state index is 0.0178. The Balaban J connectivity index is 2.02. The molecule has 0 saturated carbocycles. The van der Waals surface area contributed by atoms with Gasteiger partial charge in [0.25, 0.3) is 0 Å². The summed E-state index contributed by atoms with van der Waals surface area (Å²) < 4.78 is 0. The SMILES string of the molecule is O=C(Nc1ccc(O)c(Cl)c1)C1CCCS1. The normalized spacial score (nSPS) is 19.7. The Morgan fingerprint density at radius 3 is 3.00 bits per heavy atom. The number of hydrogen-bond acceptors (Lipinski definition) is 3. The van der Waals surface area contributed by atoms with Gasteiger partial charge in [-0.3, -0.25) is 4.79 Å². The first-order chi connectivity index (χ1) is 7.66. The number of hydrogen-bond donors (Lipinski definition) is 2. The van der Waals surface area contributed by atoms with Gasteiger partial charge in [-0.2, -0.15) is 0 Å². The van der Waals surface area contributed by atoms with E-state index in [0.717, 1.165) is 18.6 Å². The van der Waals surface area contributed by atoms with Crippen molar-refractivity contribution in [1.29, 1.82) is 0 Å². The average Bonchev–Trinajstić information content (AvgIpc) is 2.77. The lowest BCUT2D eigenvalue weighted by atomic mass is 10.2. The Morgan fingerprint density at radius 1 is 1.56 bits per heavy atom. The van der Waals surface area contributed by atoms with E-state index in [4.69, 9.17) is 11.6 Å². The third kappa shape index (κ3) is 2.62. The maximum absolute atomic E-state index is 11.8. The van der Waals surface area contributed by atoms with Crippen molar-refractivity contribution in [2.75, 3.05) is 11.1 Å². The van der Waals surface area contributed by atoms with Crippen LogP contribution >= 0.6 is 23.4 Å². The summed E-state index contributed by atoms with van der Waals surface area (Å²) in [7, 11) is 0. The van der Waals surface area contributed by atoms with Crippen LogP contribution in [0, 0.1) is 0 Å². The van der Waals surface area contributed by atoms with E-state index in [1.54, 1.807) is 23.9 Å². The molecule has 2 N–H and O–H groups in total. The lowest BCUT2D eigenvalue weighted by Crippen LogP contribution is -2.22. The molecule has 1 amide bonds. The number of benzene rings is 1. The summed E-state index contributed by atoms with van der Waals surface area (Å²) in [4.78, 5) is 11.8. The van der Waals surface area contributed by atoms with Gasteiger partial charge in [0.05, 0.1) is 10.3 Å². The Hall–Kier alpha value is -0.870. The summed E-state index contributed by atoms with van der Waals surface area (Å²) in [6.07, 6.45) is 2.03. The largest absolute Gasteiger partial charge is 0.506 e. The third-order valence-electron chi connectivity index (χ3n) is 2.44. The number of aromatic hydroxyl groups is 1. The molecule has 1 unspecified atom stereocenters. The van der Waals surface area contributed by atoms with Crippen molar-refractivity contribution in [3.8, 4) is 5.75 Å². The van der Waals surface area contributed by atoms with Gasteiger partial charge >= 0.3 is 0 Å². The van der Waals surface area contributed by atoms with Crippen molar-refractivity contribution in [1.82, 2.24) is 0 Å². The second-order valence-corrected chi connectivity index (χ2v) is 5.37. The highest BCUT2D eigenvalue weighted by atomic mass is 35.5. The smallest absolute Gasteiger partial charge is 0.237 e. The molecule has 5 heteroatoms. The highest BCUT2D eigenvalue weighted by Gasteiger charge is 2.23. The first kappa shape index (κ1) is 11.6. The summed E-state index contributed by atoms with van der Waals surface area (Å²) in [6.45, 7) is 0. The molecule has 1 heterocycles. The van der Waals surface area contributed by atoms with Crippen molar-refractivity contribution in [3.05, 3.63) is 23.2 Å². The van der Waals surface area contributed by atoms with Crippen molar-refractivity contribution in [2.24, 2.45) is 0 Å². The lowest BCUT2D eigenvalue weighted by Gasteiger charge is -2.10. The zero-order chi connectivity index (χ0) is 11.5. The van der Waals surface area contributed by atoms with Gasteiger partial charge in [0.1, 0.15) is 5.75 Å². The predicted octanol–water partition coefficient (Wildman–Crippen LogP) is 2.88. The summed E-state index contributed by atoms with van der Waals surface area (Å²) in [5.41, 5.74) is 0.625. The molecule has 0 aromatic heterocycles. The minimum Gasteiger partial charge on any atom is -0.506 e. The van der Waals surface area contributed by atoms with Crippen molar-refractivity contribution in [2.45, 2.75) is 18.1 Å². The number of anilines is 1. The highest BCUT2D eigenvalue weighted by Crippen LogP contribution is 2.29. The molecule has 2 rings (SSSR count). The molecule has 0 aliphatic carbocycles. The number of carbonyl (C=O) groups excluding carboxylic acids is 1. The minimum absolute atomic E-state index is 0.0178. The topological polar surface area (TPSA) is 49.3 Å². The van der Waals surface area contributed by atoms with Crippen LogP contribution in [0.4, 0.5) is 5.69 Å². The molecule has 1 fully saturated rings. The average molecular weight is 258 g/mol. The van der Waals surface area contributed by atoms with E-state index >= 15 is 0 Å². The number of thioether (sulfide) groups is 1. The van der Waals surface area contributed by atoms with E-state index in [9.17, 15) is 9.90 Å². The van der Waals surface area contributed by atoms with E-state index in [1.165, 1.54) is 6.07 Å². The fourth-order valence-corrected chi connectivity index (χ4v) is 2.93. The summed E-state index contributed by atoms with van der Waals surface area (Å²) in [5.74, 6) is 1.09. The van der Waals surface area contributed by atoms with Crippen LogP contribution in [0.1, 0.15) is 12.8 Å². The zero-order valence-corrected chi connectivity index (χ0v) is 10.1. The van der Waals surface area contributed by atoms with E-state index in [2.05, 4.69) is 5.32 Å². The summed E-state index contributed by atoms with van der Waals surface area (Å²) in [5, 5.41) is 12.3. The first-order valence-electron chi connectivity index (χ1n) is 5.08. The molecular formula is C11H12ClNO2S. The van der Waals surface area contributed by atoms with Crippen LogP contribution < -0.4 is 5.32 Å².